The van der Waals surface area contributed by atoms with Gasteiger partial charge in [0.25, 0.3) is 0 Å². The topological polar surface area (TPSA) is 64.1 Å². The Bertz CT molecular complexity index is 700. The zero-order valence-corrected chi connectivity index (χ0v) is 10.7. The molecule has 0 radical (unpaired) electrons. The fraction of sp³-hybridized carbons (Fsp3) is 0.286. The number of fused-ring (bicyclic) bond motifs is 1. The third-order valence-electron chi connectivity index (χ3n) is 3.20. The van der Waals surface area contributed by atoms with Crippen LogP contribution in [0.5, 0.6) is 0 Å². The van der Waals surface area contributed by atoms with E-state index in [2.05, 4.69) is 14.7 Å². The van der Waals surface area contributed by atoms with Crippen LogP contribution in [0.25, 0.3) is 10.9 Å². The van der Waals surface area contributed by atoms with Crippen molar-refractivity contribution in [2.75, 3.05) is 0 Å². The number of rotatable bonds is 4. The van der Waals surface area contributed by atoms with E-state index in [-0.39, 0.29) is 6.61 Å². The summed E-state index contributed by atoms with van der Waals surface area (Å²) in [6, 6.07) is 7.89. The van der Waals surface area contributed by atoms with Crippen LogP contribution in [-0.4, -0.2) is 19.8 Å². The Morgan fingerprint density at radius 2 is 2.21 bits per heavy atom. The maximum Gasteiger partial charge on any atom is 0.226 e. The van der Waals surface area contributed by atoms with Gasteiger partial charge >= 0.3 is 0 Å². The molecule has 0 saturated carbocycles. The summed E-state index contributed by atoms with van der Waals surface area (Å²) in [6.45, 7) is 2.60. The first kappa shape index (κ1) is 11.9. The maximum atomic E-state index is 9.32. The van der Waals surface area contributed by atoms with Gasteiger partial charge in [0.1, 0.15) is 0 Å². The third-order valence-corrected chi connectivity index (χ3v) is 3.20. The molecule has 0 bridgehead atoms. The zero-order valence-electron chi connectivity index (χ0n) is 10.7. The van der Waals surface area contributed by atoms with Crippen LogP contribution in [0.3, 0.4) is 0 Å². The maximum absolute atomic E-state index is 9.32. The van der Waals surface area contributed by atoms with E-state index in [0.717, 1.165) is 22.9 Å². The number of hydrogen-bond donors (Lipinski definition) is 1. The van der Waals surface area contributed by atoms with Gasteiger partial charge in [0.05, 0.1) is 13.2 Å². The molecule has 0 fully saturated rings. The molecular formula is C14H15N3O2. The molecule has 0 saturated heterocycles. The molecule has 2 aromatic heterocycles. The molecule has 0 spiro atoms. The minimum absolute atomic E-state index is 0.0452. The molecule has 98 valence electrons. The molecule has 5 heteroatoms. The van der Waals surface area contributed by atoms with Gasteiger partial charge in [-0.15, -0.1) is 0 Å². The predicted octanol–water partition coefficient (Wildman–Crippen LogP) is 2.13. The van der Waals surface area contributed by atoms with Crippen LogP contribution in [0.15, 0.2) is 35.0 Å². The van der Waals surface area contributed by atoms with Crippen molar-refractivity contribution in [2.24, 2.45) is 0 Å². The summed E-state index contributed by atoms with van der Waals surface area (Å²) in [4.78, 5) is 4.31. The number of aryl methyl sites for hydroxylation is 1. The van der Waals surface area contributed by atoms with Gasteiger partial charge in [0.15, 0.2) is 5.82 Å². The fourth-order valence-electron chi connectivity index (χ4n) is 2.21. The Hall–Kier alpha value is -2.14. The van der Waals surface area contributed by atoms with Gasteiger partial charge in [-0.25, -0.2) is 0 Å². The molecule has 2 heterocycles. The molecule has 1 aromatic carbocycles. The lowest BCUT2D eigenvalue weighted by Gasteiger charge is -2.03. The lowest BCUT2D eigenvalue weighted by atomic mass is 10.1. The van der Waals surface area contributed by atoms with E-state index in [1.807, 2.05) is 37.4 Å². The minimum Gasteiger partial charge on any atom is -0.392 e. The molecule has 0 aliphatic carbocycles. The summed E-state index contributed by atoms with van der Waals surface area (Å²) >= 11 is 0. The van der Waals surface area contributed by atoms with Crippen molar-refractivity contribution in [3.8, 4) is 0 Å². The Kier molecular flexibility index (Phi) is 3.05. The number of aliphatic hydroxyl groups excluding tert-OH is 1. The second-order valence-electron chi connectivity index (χ2n) is 4.41. The second kappa shape index (κ2) is 4.85. The molecule has 0 unspecified atom stereocenters. The first-order chi connectivity index (χ1) is 9.31. The zero-order chi connectivity index (χ0) is 13.2. The quantitative estimate of drug-likeness (QED) is 0.777. The highest BCUT2D eigenvalue weighted by molar-refractivity contribution is 5.83. The van der Waals surface area contributed by atoms with E-state index >= 15 is 0 Å². The first-order valence-corrected chi connectivity index (χ1v) is 6.31. The lowest BCUT2D eigenvalue weighted by Crippen LogP contribution is -2.00. The average Bonchev–Trinajstić information content (AvgIpc) is 3.06. The van der Waals surface area contributed by atoms with E-state index < -0.39 is 0 Å². The number of benzene rings is 1. The van der Waals surface area contributed by atoms with Crippen LogP contribution in [-0.2, 0) is 19.6 Å². The molecule has 0 amide bonds. The fourth-order valence-corrected chi connectivity index (χ4v) is 2.21. The molecule has 1 N–H and O–H groups in total. The number of nitrogens with zero attached hydrogens (tertiary/aromatic N) is 3. The molecule has 0 aliphatic heterocycles. The predicted molar refractivity (Wildman–Crippen MR) is 70.6 cm³/mol. The molecule has 0 aliphatic rings. The van der Waals surface area contributed by atoms with Crippen LogP contribution < -0.4 is 0 Å². The van der Waals surface area contributed by atoms with Crippen molar-refractivity contribution in [1.29, 1.82) is 0 Å². The van der Waals surface area contributed by atoms with E-state index in [9.17, 15) is 5.11 Å². The molecule has 3 aromatic rings. The summed E-state index contributed by atoms with van der Waals surface area (Å²) < 4.78 is 7.16. The van der Waals surface area contributed by atoms with E-state index in [4.69, 9.17) is 4.52 Å². The van der Waals surface area contributed by atoms with Crippen molar-refractivity contribution in [3.05, 3.63) is 47.7 Å². The monoisotopic (exact) mass is 257 g/mol. The Labute approximate surface area is 110 Å². The van der Waals surface area contributed by atoms with Crippen LogP contribution >= 0.6 is 0 Å². The average molecular weight is 257 g/mol. The van der Waals surface area contributed by atoms with Gasteiger partial charge in [-0.2, -0.15) is 4.98 Å². The highest BCUT2D eigenvalue weighted by Crippen LogP contribution is 2.21. The standard InChI is InChI=1S/C14H15N3O2/c1-2-14-15-13(16-19-14)8-17-7-6-11-10(9-18)4-3-5-12(11)17/h3-7,18H,2,8-9H2,1H3. The van der Waals surface area contributed by atoms with Gasteiger partial charge in [0, 0.05) is 23.5 Å². The minimum atomic E-state index is 0.0452. The van der Waals surface area contributed by atoms with Gasteiger partial charge < -0.3 is 14.2 Å². The van der Waals surface area contributed by atoms with E-state index in [1.165, 1.54) is 0 Å². The first-order valence-electron chi connectivity index (χ1n) is 6.31. The van der Waals surface area contributed by atoms with Gasteiger partial charge in [-0.3, -0.25) is 0 Å². The van der Waals surface area contributed by atoms with Crippen molar-refractivity contribution >= 4 is 10.9 Å². The molecule has 19 heavy (non-hydrogen) atoms. The molecule has 0 atom stereocenters. The van der Waals surface area contributed by atoms with Gasteiger partial charge in [-0.05, 0) is 17.7 Å². The summed E-state index contributed by atoms with van der Waals surface area (Å²) in [5.41, 5.74) is 1.99. The van der Waals surface area contributed by atoms with E-state index in [1.54, 1.807) is 0 Å². The number of aliphatic hydroxyl groups is 1. The van der Waals surface area contributed by atoms with Gasteiger partial charge in [-0.1, -0.05) is 24.2 Å². The van der Waals surface area contributed by atoms with Crippen molar-refractivity contribution in [2.45, 2.75) is 26.5 Å². The summed E-state index contributed by atoms with van der Waals surface area (Å²) in [5.74, 6) is 1.33. The van der Waals surface area contributed by atoms with Crippen LogP contribution in [0.2, 0.25) is 0 Å². The van der Waals surface area contributed by atoms with Crippen LogP contribution in [0, 0.1) is 0 Å². The lowest BCUT2D eigenvalue weighted by molar-refractivity contribution is 0.283. The SMILES string of the molecule is CCc1nc(Cn2ccc3c(CO)cccc32)no1. The van der Waals surface area contributed by atoms with Crippen LogP contribution in [0.1, 0.15) is 24.2 Å². The van der Waals surface area contributed by atoms with Crippen molar-refractivity contribution in [3.63, 3.8) is 0 Å². The van der Waals surface area contributed by atoms with Crippen molar-refractivity contribution in [1.82, 2.24) is 14.7 Å². The number of hydrogen-bond acceptors (Lipinski definition) is 4. The molecule has 5 nitrogen and oxygen atoms in total. The summed E-state index contributed by atoms with van der Waals surface area (Å²) in [5, 5.41) is 14.3. The summed E-state index contributed by atoms with van der Waals surface area (Å²) in [6.07, 6.45) is 2.72. The second-order valence-corrected chi connectivity index (χ2v) is 4.41. The van der Waals surface area contributed by atoms with Gasteiger partial charge in [0.2, 0.25) is 5.89 Å². The smallest absolute Gasteiger partial charge is 0.226 e. The Morgan fingerprint density at radius 1 is 1.32 bits per heavy atom. The molecule has 3 rings (SSSR count). The number of aromatic nitrogens is 3. The summed E-state index contributed by atoms with van der Waals surface area (Å²) in [7, 11) is 0. The highest BCUT2D eigenvalue weighted by atomic mass is 16.5. The normalized spacial score (nSPS) is 11.3. The van der Waals surface area contributed by atoms with Crippen molar-refractivity contribution < 1.29 is 9.63 Å². The van der Waals surface area contributed by atoms with E-state index in [0.29, 0.717) is 18.3 Å². The molecular weight excluding hydrogens is 242 g/mol. The third kappa shape index (κ3) is 2.13. The Balaban J connectivity index is 1.97. The highest BCUT2D eigenvalue weighted by Gasteiger charge is 2.09. The Morgan fingerprint density at radius 3 is 2.95 bits per heavy atom. The van der Waals surface area contributed by atoms with Crippen LogP contribution in [0.4, 0.5) is 0 Å². The largest absolute Gasteiger partial charge is 0.392 e.